The Hall–Kier alpha value is -0.240. The van der Waals surface area contributed by atoms with Gasteiger partial charge in [0.05, 0.1) is 6.10 Å². The van der Waals surface area contributed by atoms with Crippen molar-refractivity contribution in [1.29, 1.82) is 0 Å². The molecule has 0 aliphatic rings. The monoisotopic (exact) mass is 218 g/mol. The van der Waals surface area contributed by atoms with Crippen LogP contribution in [-0.2, 0) is 6.42 Å². The fourth-order valence-electron chi connectivity index (χ4n) is 1.10. The Labute approximate surface area is 88.3 Å². The van der Waals surface area contributed by atoms with E-state index in [-0.39, 0.29) is 6.10 Å². The highest BCUT2D eigenvalue weighted by Crippen LogP contribution is 2.22. The summed E-state index contributed by atoms with van der Waals surface area (Å²) in [5, 5.41) is 10.5. The van der Waals surface area contributed by atoms with Crippen LogP contribution >= 0.6 is 23.2 Å². The van der Waals surface area contributed by atoms with Gasteiger partial charge in [-0.2, -0.15) is 0 Å². The van der Waals surface area contributed by atoms with Crippen LogP contribution in [0.25, 0.3) is 0 Å². The van der Waals surface area contributed by atoms with E-state index in [1.807, 2.05) is 6.07 Å². The molecule has 0 radical (unpaired) electrons. The molecule has 0 saturated heterocycles. The molecule has 0 amide bonds. The quantitative estimate of drug-likeness (QED) is 0.826. The second kappa shape index (κ2) is 4.85. The van der Waals surface area contributed by atoms with Gasteiger partial charge >= 0.3 is 0 Å². The zero-order valence-corrected chi connectivity index (χ0v) is 8.94. The van der Waals surface area contributed by atoms with Gasteiger partial charge in [-0.3, -0.25) is 0 Å². The minimum Gasteiger partial charge on any atom is -0.393 e. The molecule has 0 aromatic heterocycles. The highest BCUT2D eigenvalue weighted by Gasteiger charge is 2.03. The minimum atomic E-state index is -0.296. The zero-order chi connectivity index (χ0) is 9.84. The molecule has 0 fully saturated rings. The molecule has 0 aliphatic heterocycles. The first-order valence-electron chi connectivity index (χ1n) is 4.21. The summed E-state index contributed by atoms with van der Waals surface area (Å²) < 4.78 is 0. The summed E-state index contributed by atoms with van der Waals surface area (Å²) in [6.45, 7) is 1.76. The first-order valence-corrected chi connectivity index (χ1v) is 4.97. The predicted octanol–water partition coefficient (Wildman–Crippen LogP) is 3.31. The third-order valence-electron chi connectivity index (χ3n) is 1.84. The fourth-order valence-corrected chi connectivity index (χ4v) is 1.51. The molecular weight excluding hydrogens is 207 g/mol. The molecule has 1 unspecified atom stereocenters. The van der Waals surface area contributed by atoms with Gasteiger partial charge in [0.25, 0.3) is 0 Å². The van der Waals surface area contributed by atoms with Gasteiger partial charge in [-0.15, -0.1) is 0 Å². The van der Waals surface area contributed by atoms with Gasteiger partial charge < -0.3 is 5.11 Å². The maximum atomic E-state index is 9.10. The van der Waals surface area contributed by atoms with Crippen LogP contribution in [0.1, 0.15) is 18.9 Å². The third-order valence-corrected chi connectivity index (χ3v) is 2.44. The minimum absolute atomic E-state index is 0.296. The van der Waals surface area contributed by atoms with Gasteiger partial charge in [-0.1, -0.05) is 23.2 Å². The lowest BCUT2D eigenvalue weighted by Crippen LogP contribution is -2.01. The van der Waals surface area contributed by atoms with Crippen LogP contribution < -0.4 is 0 Å². The number of aliphatic hydroxyl groups excluding tert-OH is 1. The van der Waals surface area contributed by atoms with E-state index in [0.29, 0.717) is 16.5 Å². The van der Waals surface area contributed by atoms with Gasteiger partial charge in [0, 0.05) is 10.0 Å². The van der Waals surface area contributed by atoms with Crippen molar-refractivity contribution in [3.8, 4) is 0 Å². The lowest BCUT2D eigenvalue weighted by molar-refractivity contribution is 0.185. The Morgan fingerprint density at radius 1 is 1.38 bits per heavy atom. The van der Waals surface area contributed by atoms with Crippen LogP contribution in [0.4, 0.5) is 0 Å². The van der Waals surface area contributed by atoms with Crippen LogP contribution in [0.15, 0.2) is 18.2 Å². The van der Waals surface area contributed by atoms with Gasteiger partial charge in [0.1, 0.15) is 0 Å². The van der Waals surface area contributed by atoms with Crippen molar-refractivity contribution >= 4 is 23.2 Å². The molecule has 1 nitrogen and oxygen atoms in total. The molecule has 0 bridgehead atoms. The van der Waals surface area contributed by atoms with E-state index in [2.05, 4.69) is 0 Å². The van der Waals surface area contributed by atoms with Gasteiger partial charge in [-0.25, -0.2) is 0 Å². The van der Waals surface area contributed by atoms with E-state index >= 15 is 0 Å². The fraction of sp³-hybridized carbons (Fsp3) is 0.400. The number of aliphatic hydroxyl groups is 1. The predicted molar refractivity (Wildman–Crippen MR) is 56.5 cm³/mol. The van der Waals surface area contributed by atoms with E-state index in [1.54, 1.807) is 19.1 Å². The summed E-state index contributed by atoms with van der Waals surface area (Å²) in [5.41, 5.74) is 0.995. The molecule has 13 heavy (non-hydrogen) atoms. The van der Waals surface area contributed by atoms with E-state index in [4.69, 9.17) is 28.3 Å². The van der Waals surface area contributed by atoms with Crippen LogP contribution in [0, 0.1) is 0 Å². The second-order valence-electron chi connectivity index (χ2n) is 3.12. The summed E-state index contributed by atoms with van der Waals surface area (Å²) >= 11 is 11.8. The standard InChI is InChI=1S/C10H12Cl2O/c1-7(13)2-3-8-6-9(11)4-5-10(8)12/h4-7,13H,2-3H2,1H3. The topological polar surface area (TPSA) is 20.2 Å². The van der Waals surface area contributed by atoms with Crippen molar-refractivity contribution in [2.45, 2.75) is 25.9 Å². The maximum absolute atomic E-state index is 9.10. The Morgan fingerprint density at radius 2 is 2.08 bits per heavy atom. The van der Waals surface area contributed by atoms with Gasteiger partial charge in [0.15, 0.2) is 0 Å². The Kier molecular flexibility index (Phi) is 4.04. The number of halogens is 2. The molecule has 1 N–H and O–H groups in total. The Morgan fingerprint density at radius 3 is 2.69 bits per heavy atom. The average Bonchev–Trinajstić information content (AvgIpc) is 2.06. The lowest BCUT2D eigenvalue weighted by Gasteiger charge is -2.06. The molecule has 0 heterocycles. The van der Waals surface area contributed by atoms with Gasteiger partial charge in [0.2, 0.25) is 0 Å². The van der Waals surface area contributed by atoms with Crippen molar-refractivity contribution in [2.75, 3.05) is 0 Å². The van der Waals surface area contributed by atoms with Crippen LogP contribution in [-0.4, -0.2) is 11.2 Å². The molecular formula is C10H12Cl2O. The highest BCUT2D eigenvalue weighted by molar-refractivity contribution is 6.33. The first kappa shape index (κ1) is 10.8. The van der Waals surface area contributed by atoms with Crippen molar-refractivity contribution in [2.24, 2.45) is 0 Å². The lowest BCUT2D eigenvalue weighted by atomic mass is 10.1. The average molecular weight is 219 g/mol. The van der Waals surface area contributed by atoms with Crippen molar-refractivity contribution < 1.29 is 5.11 Å². The maximum Gasteiger partial charge on any atom is 0.0515 e. The summed E-state index contributed by atoms with van der Waals surface area (Å²) in [7, 11) is 0. The Bertz CT molecular complexity index is 284. The van der Waals surface area contributed by atoms with E-state index in [1.165, 1.54) is 0 Å². The summed E-state index contributed by atoms with van der Waals surface area (Å²) in [4.78, 5) is 0. The number of hydrogen-bond donors (Lipinski definition) is 1. The highest BCUT2D eigenvalue weighted by atomic mass is 35.5. The number of aryl methyl sites for hydroxylation is 1. The summed E-state index contributed by atoms with van der Waals surface area (Å²) in [6.07, 6.45) is 1.17. The van der Waals surface area contributed by atoms with Crippen LogP contribution in [0.3, 0.4) is 0 Å². The van der Waals surface area contributed by atoms with Crippen molar-refractivity contribution in [1.82, 2.24) is 0 Å². The van der Waals surface area contributed by atoms with Crippen LogP contribution in [0.2, 0.25) is 10.0 Å². The number of benzene rings is 1. The van der Waals surface area contributed by atoms with E-state index in [9.17, 15) is 0 Å². The van der Waals surface area contributed by atoms with E-state index in [0.717, 1.165) is 12.0 Å². The number of hydrogen-bond acceptors (Lipinski definition) is 1. The third kappa shape index (κ3) is 3.55. The zero-order valence-electron chi connectivity index (χ0n) is 7.43. The van der Waals surface area contributed by atoms with Crippen molar-refractivity contribution in [3.05, 3.63) is 33.8 Å². The molecule has 72 valence electrons. The molecule has 1 aromatic rings. The number of rotatable bonds is 3. The first-order chi connectivity index (χ1) is 6.09. The molecule has 1 aromatic carbocycles. The van der Waals surface area contributed by atoms with Crippen LogP contribution in [0.5, 0.6) is 0 Å². The smallest absolute Gasteiger partial charge is 0.0515 e. The molecule has 1 atom stereocenters. The molecule has 0 aliphatic carbocycles. The van der Waals surface area contributed by atoms with Crippen molar-refractivity contribution in [3.63, 3.8) is 0 Å². The second-order valence-corrected chi connectivity index (χ2v) is 3.97. The molecule has 0 spiro atoms. The largest absolute Gasteiger partial charge is 0.393 e. The summed E-state index contributed by atoms with van der Waals surface area (Å²) in [5.74, 6) is 0. The SMILES string of the molecule is CC(O)CCc1cc(Cl)ccc1Cl. The summed E-state index contributed by atoms with van der Waals surface area (Å²) in [6, 6.07) is 5.38. The Balaban J connectivity index is 2.70. The normalized spacial score (nSPS) is 12.9. The van der Waals surface area contributed by atoms with Gasteiger partial charge in [-0.05, 0) is 43.5 Å². The molecule has 0 saturated carbocycles. The molecule has 1 rings (SSSR count). The van der Waals surface area contributed by atoms with E-state index < -0.39 is 0 Å². The molecule has 3 heteroatoms.